The third-order valence-corrected chi connectivity index (χ3v) is 5.23. The molecule has 2 heterocycles. The second kappa shape index (κ2) is 7.70. The van der Waals surface area contributed by atoms with Crippen LogP contribution in [-0.4, -0.2) is 56.9 Å². The van der Waals surface area contributed by atoms with Crippen LogP contribution in [0.15, 0.2) is 18.2 Å². The third kappa shape index (κ3) is 4.12. The summed E-state index contributed by atoms with van der Waals surface area (Å²) < 4.78 is 29.6. The van der Waals surface area contributed by atoms with Crippen LogP contribution in [0.1, 0.15) is 24.8 Å². The molecule has 1 atom stereocenters. The molecule has 0 saturated carbocycles. The van der Waals surface area contributed by atoms with E-state index in [1.165, 1.54) is 19.2 Å². The lowest BCUT2D eigenvalue weighted by Gasteiger charge is -2.53. The predicted molar refractivity (Wildman–Crippen MR) is 91.1 cm³/mol. The first-order valence-corrected chi connectivity index (χ1v) is 8.78. The van der Waals surface area contributed by atoms with Gasteiger partial charge < -0.3 is 19.1 Å². The van der Waals surface area contributed by atoms with Crippen molar-refractivity contribution >= 4 is 5.91 Å². The Hall–Kier alpha value is -1.66. The number of rotatable bonds is 6. The second-order valence-electron chi connectivity index (χ2n) is 7.05. The number of amides is 1. The average Bonchev–Trinajstić information content (AvgIpc) is 2.59. The molecule has 1 spiro atoms. The average molecular weight is 351 g/mol. The molecule has 2 aliphatic heterocycles. The van der Waals surface area contributed by atoms with Gasteiger partial charge in [0.2, 0.25) is 5.91 Å². The van der Waals surface area contributed by atoms with Gasteiger partial charge in [-0.05, 0) is 31.2 Å². The number of nitrogens with zero attached hydrogens (tertiary/aromatic N) is 1. The lowest BCUT2D eigenvalue weighted by Crippen LogP contribution is -2.66. The van der Waals surface area contributed by atoms with Crippen LogP contribution in [0.2, 0.25) is 0 Å². The van der Waals surface area contributed by atoms with Crippen LogP contribution in [0.4, 0.5) is 4.39 Å². The first-order chi connectivity index (χ1) is 12.0. The fourth-order valence-corrected chi connectivity index (χ4v) is 3.85. The van der Waals surface area contributed by atoms with E-state index in [9.17, 15) is 9.18 Å². The maximum Gasteiger partial charge on any atom is 0.227 e. The molecule has 3 rings (SSSR count). The third-order valence-electron chi connectivity index (χ3n) is 5.23. The maximum absolute atomic E-state index is 13.3. The van der Waals surface area contributed by atoms with Gasteiger partial charge >= 0.3 is 0 Å². The number of hydrogen-bond donors (Lipinski definition) is 0. The van der Waals surface area contributed by atoms with Crippen LogP contribution in [0.5, 0.6) is 5.75 Å². The summed E-state index contributed by atoms with van der Waals surface area (Å²) in [6.07, 6.45) is 3.31. The standard InChI is InChI=1S/C19H26FNO4/c1-23-7-5-14-6-8-25-19(11-14)12-21(13-19)18(22)9-15-3-4-16(20)10-17(15)24-2/h3-4,10,14H,5-9,11-13H2,1-2H3/t14-/m0/s1. The van der Waals surface area contributed by atoms with Crippen molar-refractivity contribution in [3.8, 4) is 5.75 Å². The van der Waals surface area contributed by atoms with E-state index in [2.05, 4.69) is 0 Å². The first-order valence-electron chi connectivity index (χ1n) is 8.78. The van der Waals surface area contributed by atoms with E-state index in [0.717, 1.165) is 32.5 Å². The second-order valence-corrected chi connectivity index (χ2v) is 7.05. The summed E-state index contributed by atoms with van der Waals surface area (Å²) in [5.74, 6) is 0.673. The van der Waals surface area contributed by atoms with E-state index in [1.807, 2.05) is 4.90 Å². The Bertz CT molecular complexity index is 615. The van der Waals surface area contributed by atoms with Crippen molar-refractivity contribution in [1.29, 1.82) is 0 Å². The molecular weight excluding hydrogens is 325 g/mol. The van der Waals surface area contributed by atoms with Crippen molar-refractivity contribution in [1.82, 2.24) is 4.90 Å². The number of methoxy groups -OCH3 is 2. The van der Waals surface area contributed by atoms with E-state index in [-0.39, 0.29) is 23.7 Å². The van der Waals surface area contributed by atoms with Crippen LogP contribution < -0.4 is 4.74 Å². The van der Waals surface area contributed by atoms with E-state index in [1.54, 1.807) is 13.2 Å². The van der Waals surface area contributed by atoms with Crippen molar-refractivity contribution in [3.63, 3.8) is 0 Å². The smallest absolute Gasteiger partial charge is 0.227 e. The normalized spacial score (nSPS) is 21.9. The summed E-state index contributed by atoms with van der Waals surface area (Å²) in [6, 6.07) is 4.28. The molecule has 1 aromatic carbocycles. The zero-order valence-corrected chi connectivity index (χ0v) is 14.9. The van der Waals surface area contributed by atoms with Gasteiger partial charge in [-0.25, -0.2) is 4.39 Å². The molecule has 1 aromatic rings. The SMILES string of the molecule is COCC[C@H]1CCOC2(C1)CN(C(=O)Cc1ccc(F)cc1OC)C2. The molecule has 25 heavy (non-hydrogen) atoms. The maximum atomic E-state index is 13.3. The number of halogens is 1. The summed E-state index contributed by atoms with van der Waals surface area (Å²) in [5.41, 5.74) is 0.525. The number of carbonyl (C=O) groups is 1. The minimum absolute atomic E-state index is 0.0261. The number of ether oxygens (including phenoxy) is 3. The molecular formula is C19H26FNO4. The largest absolute Gasteiger partial charge is 0.496 e. The van der Waals surface area contributed by atoms with Gasteiger partial charge in [-0.1, -0.05) is 6.07 Å². The molecule has 0 aromatic heterocycles. The van der Waals surface area contributed by atoms with Gasteiger partial charge in [0.15, 0.2) is 0 Å². The van der Waals surface area contributed by atoms with E-state index in [4.69, 9.17) is 14.2 Å². The zero-order valence-electron chi connectivity index (χ0n) is 14.9. The van der Waals surface area contributed by atoms with Crippen molar-refractivity contribution in [3.05, 3.63) is 29.6 Å². The predicted octanol–water partition coefficient (Wildman–Crippen LogP) is 2.42. The number of likely N-dealkylation sites (tertiary alicyclic amines) is 1. The van der Waals surface area contributed by atoms with Crippen molar-refractivity contribution in [2.75, 3.05) is 40.5 Å². The number of carbonyl (C=O) groups excluding carboxylic acids is 1. The van der Waals surface area contributed by atoms with Crippen LogP contribution in [0.25, 0.3) is 0 Å². The van der Waals surface area contributed by atoms with Crippen molar-refractivity contribution < 1.29 is 23.4 Å². The Balaban J connectivity index is 1.54. The fraction of sp³-hybridized carbons (Fsp3) is 0.632. The summed E-state index contributed by atoms with van der Waals surface area (Å²) in [5, 5.41) is 0. The van der Waals surface area contributed by atoms with Crippen LogP contribution in [-0.2, 0) is 20.7 Å². The highest BCUT2D eigenvalue weighted by Crippen LogP contribution is 2.38. The van der Waals surface area contributed by atoms with Gasteiger partial charge in [0, 0.05) is 32.0 Å². The lowest BCUT2D eigenvalue weighted by molar-refractivity contribution is -0.188. The minimum Gasteiger partial charge on any atom is -0.496 e. The molecule has 138 valence electrons. The van der Waals surface area contributed by atoms with Gasteiger partial charge in [0.1, 0.15) is 17.2 Å². The monoisotopic (exact) mass is 351 g/mol. The van der Waals surface area contributed by atoms with Gasteiger partial charge in [-0.15, -0.1) is 0 Å². The Kier molecular flexibility index (Phi) is 5.59. The topological polar surface area (TPSA) is 48.0 Å². The van der Waals surface area contributed by atoms with E-state index in [0.29, 0.717) is 30.3 Å². The molecule has 5 nitrogen and oxygen atoms in total. The molecule has 0 radical (unpaired) electrons. The highest BCUT2D eigenvalue weighted by molar-refractivity contribution is 5.80. The Morgan fingerprint density at radius 1 is 1.40 bits per heavy atom. The van der Waals surface area contributed by atoms with Gasteiger partial charge in [0.05, 0.1) is 26.6 Å². The van der Waals surface area contributed by atoms with Gasteiger partial charge in [-0.3, -0.25) is 4.79 Å². The summed E-state index contributed by atoms with van der Waals surface area (Å²) in [6.45, 7) is 2.80. The van der Waals surface area contributed by atoms with Crippen LogP contribution >= 0.6 is 0 Å². The quantitative estimate of drug-likeness (QED) is 0.790. The molecule has 2 fully saturated rings. The lowest BCUT2D eigenvalue weighted by atomic mass is 9.79. The van der Waals surface area contributed by atoms with Crippen molar-refractivity contribution in [2.45, 2.75) is 31.3 Å². The Labute approximate surface area is 148 Å². The Morgan fingerprint density at radius 3 is 2.92 bits per heavy atom. The zero-order chi connectivity index (χ0) is 17.9. The van der Waals surface area contributed by atoms with Crippen LogP contribution in [0.3, 0.4) is 0 Å². The highest BCUT2D eigenvalue weighted by atomic mass is 19.1. The molecule has 6 heteroatoms. The molecule has 0 N–H and O–H groups in total. The fourth-order valence-electron chi connectivity index (χ4n) is 3.85. The molecule has 1 amide bonds. The Morgan fingerprint density at radius 2 is 2.20 bits per heavy atom. The molecule has 2 aliphatic rings. The van der Waals surface area contributed by atoms with Crippen molar-refractivity contribution in [2.24, 2.45) is 5.92 Å². The van der Waals surface area contributed by atoms with Gasteiger partial charge in [0.25, 0.3) is 0 Å². The van der Waals surface area contributed by atoms with Gasteiger partial charge in [-0.2, -0.15) is 0 Å². The summed E-state index contributed by atoms with van der Waals surface area (Å²) in [7, 11) is 3.21. The number of hydrogen-bond acceptors (Lipinski definition) is 4. The highest BCUT2D eigenvalue weighted by Gasteiger charge is 2.48. The minimum atomic E-state index is -0.367. The first kappa shape index (κ1) is 18.1. The molecule has 2 saturated heterocycles. The molecule has 0 unspecified atom stereocenters. The number of benzene rings is 1. The summed E-state index contributed by atoms with van der Waals surface area (Å²) in [4.78, 5) is 14.3. The summed E-state index contributed by atoms with van der Waals surface area (Å²) >= 11 is 0. The van der Waals surface area contributed by atoms with Crippen LogP contribution in [0, 0.1) is 11.7 Å². The van der Waals surface area contributed by atoms with E-state index >= 15 is 0 Å². The molecule has 0 bridgehead atoms. The molecule has 0 aliphatic carbocycles. The van der Waals surface area contributed by atoms with E-state index < -0.39 is 0 Å².